The topological polar surface area (TPSA) is 90.1 Å². The highest BCUT2D eigenvalue weighted by Crippen LogP contribution is 2.35. The molecule has 0 saturated carbocycles. The number of nitrogens with one attached hydrogen (secondary N) is 1. The molecule has 0 unspecified atom stereocenters. The van der Waals surface area contributed by atoms with Crippen molar-refractivity contribution >= 4 is 34.8 Å². The number of nitrogens with zero attached hydrogens (tertiary/aromatic N) is 2. The third kappa shape index (κ3) is 4.64. The van der Waals surface area contributed by atoms with E-state index in [1.807, 2.05) is 0 Å². The fourth-order valence-corrected chi connectivity index (χ4v) is 2.66. The van der Waals surface area contributed by atoms with Crippen molar-refractivity contribution in [3.8, 4) is 11.5 Å². The van der Waals surface area contributed by atoms with E-state index in [4.69, 9.17) is 33.7 Å². The van der Waals surface area contributed by atoms with Gasteiger partial charge in [-0.05, 0) is 18.2 Å². The van der Waals surface area contributed by atoms with Crippen LogP contribution in [0.15, 0.2) is 48.9 Å². The van der Waals surface area contributed by atoms with Crippen molar-refractivity contribution in [3.05, 3.63) is 76.0 Å². The number of hydrogen-bond acceptors (Lipinski definition) is 5. The highest BCUT2D eigenvalue weighted by Gasteiger charge is 2.16. The minimum absolute atomic E-state index is 0.0649. The molecule has 3 rings (SSSR count). The van der Waals surface area contributed by atoms with Crippen LogP contribution in [-0.4, -0.2) is 15.9 Å². The second-order valence-electron chi connectivity index (χ2n) is 5.45. The van der Waals surface area contributed by atoms with Crippen LogP contribution in [0, 0.1) is 5.82 Å². The predicted octanol–water partition coefficient (Wildman–Crippen LogP) is 4.23. The second-order valence-corrected chi connectivity index (χ2v) is 6.29. The summed E-state index contributed by atoms with van der Waals surface area (Å²) in [5.74, 6) is -1.14. The fourth-order valence-electron chi connectivity index (χ4n) is 2.25. The van der Waals surface area contributed by atoms with Crippen LogP contribution >= 0.6 is 23.2 Å². The number of carbonyl (C=O) groups excluding carboxylic acids is 1. The zero-order valence-corrected chi connectivity index (χ0v) is 15.3. The van der Waals surface area contributed by atoms with Gasteiger partial charge >= 0.3 is 0 Å². The molecule has 0 aliphatic heterocycles. The van der Waals surface area contributed by atoms with Crippen molar-refractivity contribution in [1.29, 1.82) is 0 Å². The lowest BCUT2D eigenvalue weighted by molar-refractivity contribution is 0.0945. The highest BCUT2D eigenvalue weighted by atomic mass is 35.5. The summed E-state index contributed by atoms with van der Waals surface area (Å²) < 4.78 is 20.3. The lowest BCUT2D eigenvalue weighted by atomic mass is 10.2. The van der Waals surface area contributed by atoms with Crippen LogP contribution in [0.1, 0.15) is 16.1 Å². The first-order valence-corrected chi connectivity index (χ1v) is 8.44. The van der Waals surface area contributed by atoms with Crippen LogP contribution in [0.3, 0.4) is 0 Å². The molecule has 0 aliphatic rings. The first-order valence-electron chi connectivity index (χ1n) is 7.69. The first kappa shape index (κ1) is 18.9. The summed E-state index contributed by atoms with van der Waals surface area (Å²) in [6.45, 7) is -0.0908. The molecule has 27 heavy (non-hydrogen) atoms. The Labute approximate surface area is 164 Å². The monoisotopic (exact) mass is 406 g/mol. The normalized spacial score (nSPS) is 10.5. The SMILES string of the molecule is Nc1cc(Cl)cc(Oc2c(Cl)ccc(CNC(=O)c3cnccn3)c2F)c1. The number of hydrogen-bond donors (Lipinski definition) is 2. The molecule has 9 heteroatoms. The number of rotatable bonds is 5. The van der Waals surface area contributed by atoms with Crippen molar-refractivity contribution in [2.24, 2.45) is 0 Å². The summed E-state index contributed by atoms with van der Waals surface area (Å²) in [5.41, 5.74) is 6.37. The quantitative estimate of drug-likeness (QED) is 0.618. The molecule has 0 fully saturated rings. The van der Waals surface area contributed by atoms with E-state index in [0.29, 0.717) is 10.7 Å². The minimum Gasteiger partial charge on any atom is -0.453 e. The maximum Gasteiger partial charge on any atom is 0.271 e. The molecule has 0 atom stereocenters. The van der Waals surface area contributed by atoms with E-state index >= 15 is 0 Å². The Balaban J connectivity index is 1.80. The fraction of sp³-hybridized carbons (Fsp3) is 0.0556. The molecule has 3 aromatic rings. The molecule has 0 aliphatic carbocycles. The summed E-state index contributed by atoms with van der Waals surface area (Å²) in [4.78, 5) is 19.7. The minimum atomic E-state index is -0.708. The van der Waals surface area contributed by atoms with Gasteiger partial charge in [-0.1, -0.05) is 29.3 Å². The van der Waals surface area contributed by atoms with E-state index in [9.17, 15) is 9.18 Å². The lowest BCUT2D eigenvalue weighted by Gasteiger charge is -2.13. The second kappa shape index (κ2) is 8.20. The summed E-state index contributed by atoms with van der Waals surface area (Å²) in [5, 5.41) is 2.97. The lowest BCUT2D eigenvalue weighted by Crippen LogP contribution is -2.24. The summed E-state index contributed by atoms with van der Waals surface area (Å²) in [6.07, 6.45) is 4.15. The maximum atomic E-state index is 14.8. The van der Waals surface area contributed by atoms with Crippen molar-refractivity contribution < 1.29 is 13.9 Å². The van der Waals surface area contributed by atoms with E-state index in [1.165, 1.54) is 48.9 Å². The molecule has 1 heterocycles. The molecule has 2 aromatic carbocycles. The number of anilines is 1. The van der Waals surface area contributed by atoms with Gasteiger partial charge in [0, 0.05) is 41.3 Å². The van der Waals surface area contributed by atoms with Crippen molar-refractivity contribution in [3.63, 3.8) is 0 Å². The maximum absolute atomic E-state index is 14.8. The average molecular weight is 407 g/mol. The van der Waals surface area contributed by atoms with Gasteiger partial charge in [0.05, 0.1) is 11.2 Å². The van der Waals surface area contributed by atoms with Gasteiger partial charge in [0.25, 0.3) is 5.91 Å². The molecule has 6 nitrogen and oxygen atoms in total. The number of halogens is 3. The molecule has 1 aromatic heterocycles. The molecule has 0 bridgehead atoms. The molecule has 0 spiro atoms. The third-order valence-electron chi connectivity index (χ3n) is 3.48. The summed E-state index contributed by atoms with van der Waals surface area (Å²) in [7, 11) is 0. The van der Waals surface area contributed by atoms with E-state index < -0.39 is 11.7 Å². The molecule has 3 N–H and O–H groups in total. The van der Waals surface area contributed by atoms with E-state index in [1.54, 1.807) is 0 Å². The van der Waals surface area contributed by atoms with Crippen LogP contribution < -0.4 is 15.8 Å². The Morgan fingerprint density at radius 2 is 2.04 bits per heavy atom. The number of amides is 1. The van der Waals surface area contributed by atoms with Crippen LogP contribution in [0.2, 0.25) is 10.0 Å². The largest absolute Gasteiger partial charge is 0.453 e. The van der Waals surface area contributed by atoms with Gasteiger partial charge in [-0.25, -0.2) is 9.37 Å². The predicted molar refractivity (Wildman–Crippen MR) is 101 cm³/mol. The summed E-state index contributed by atoms with van der Waals surface area (Å²) >= 11 is 12.0. The Kier molecular flexibility index (Phi) is 5.73. The highest BCUT2D eigenvalue weighted by molar-refractivity contribution is 6.32. The van der Waals surface area contributed by atoms with Crippen LogP contribution in [0.4, 0.5) is 10.1 Å². The van der Waals surface area contributed by atoms with Crippen molar-refractivity contribution in [2.75, 3.05) is 5.73 Å². The van der Waals surface area contributed by atoms with E-state index in [-0.39, 0.29) is 34.3 Å². The van der Waals surface area contributed by atoms with Crippen LogP contribution in [0.25, 0.3) is 0 Å². The number of ether oxygens (including phenoxy) is 1. The molecule has 0 saturated heterocycles. The zero-order valence-electron chi connectivity index (χ0n) is 13.7. The molecule has 1 amide bonds. The molecule has 0 radical (unpaired) electrons. The summed E-state index contributed by atoms with van der Waals surface area (Å²) in [6, 6.07) is 7.43. The Hall–Kier alpha value is -2.90. The van der Waals surface area contributed by atoms with Gasteiger partial charge in [-0.2, -0.15) is 0 Å². The number of nitrogen functional groups attached to an aromatic ring is 1. The van der Waals surface area contributed by atoms with Gasteiger partial charge in [-0.3, -0.25) is 9.78 Å². The Morgan fingerprint density at radius 3 is 2.74 bits per heavy atom. The average Bonchev–Trinajstić information content (AvgIpc) is 2.64. The first-order chi connectivity index (χ1) is 12.9. The molecular weight excluding hydrogens is 394 g/mol. The number of aromatic nitrogens is 2. The van der Waals surface area contributed by atoms with Gasteiger partial charge in [0.2, 0.25) is 0 Å². The van der Waals surface area contributed by atoms with Gasteiger partial charge in [-0.15, -0.1) is 0 Å². The number of nitrogens with two attached hydrogens (primary N) is 1. The van der Waals surface area contributed by atoms with Gasteiger partial charge in [0.15, 0.2) is 11.6 Å². The standard InChI is InChI=1S/C18H13Cl2FN4O2/c19-11-5-12(22)7-13(6-11)27-17-14(20)2-1-10(16(17)21)8-25-18(26)15-9-23-3-4-24-15/h1-7,9H,8,22H2,(H,25,26). The van der Waals surface area contributed by atoms with E-state index in [0.717, 1.165) is 0 Å². The van der Waals surface area contributed by atoms with Crippen LogP contribution in [0.5, 0.6) is 11.5 Å². The third-order valence-corrected chi connectivity index (χ3v) is 3.99. The molecular formula is C18H13Cl2FN4O2. The number of benzene rings is 2. The van der Waals surface area contributed by atoms with Gasteiger partial charge < -0.3 is 15.8 Å². The zero-order chi connectivity index (χ0) is 19.4. The van der Waals surface area contributed by atoms with Gasteiger partial charge in [0.1, 0.15) is 11.4 Å². The van der Waals surface area contributed by atoms with Crippen molar-refractivity contribution in [1.82, 2.24) is 15.3 Å². The van der Waals surface area contributed by atoms with E-state index in [2.05, 4.69) is 15.3 Å². The Morgan fingerprint density at radius 1 is 1.22 bits per heavy atom. The smallest absolute Gasteiger partial charge is 0.271 e. The van der Waals surface area contributed by atoms with Crippen LogP contribution in [-0.2, 0) is 6.54 Å². The molecule has 138 valence electrons. The number of carbonyl (C=O) groups is 1. The van der Waals surface area contributed by atoms with Crippen molar-refractivity contribution in [2.45, 2.75) is 6.54 Å². The Bertz CT molecular complexity index is 966.